The van der Waals surface area contributed by atoms with Gasteiger partial charge < -0.3 is 15.1 Å². The fourth-order valence-electron chi connectivity index (χ4n) is 2.41. The number of pyridine rings is 1. The molecule has 0 atom stereocenters. The Bertz CT molecular complexity index is 486. The molecule has 0 spiro atoms. The molecule has 1 N–H and O–H groups in total. The zero-order valence-electron chi connectivity index (χ0n) is 12.7. The topological polar surface area (TPSA) is 74.5 Å². The molecule has 0 aliphatic carbocycles. The molecule has 1 saturated heterocycles. The molecule has 0 radical (unpaired) electrons. The number of nitrogens with one attached hydrogen (secondary N) is 1. The third-order valence-corrected chi connectivity index (χ3v) is 3.71. The van der Waals surface area contributed by atoms with Gasteiger partial charge in [0.15, 0.2) is 0 Å². The Morgan fingerprint density at radius 2 is 2.00 bits per heavy atom. The van der Waals surface area contributed by atoms with Crippen LogP contribution in [0.25, 0.3) is 0 Å². The van der Waals surface area contributed by atoms with Gasteiger partial charge in [-0.05, 0) is 13.0 Å². The number of hydrogen-bond donors (Lipinski definition) is 1. The van der Waals surface area contributed by atoms with Gasteiger partial charge in [0.1, 0.15) is 11.6 Å². The molecule has 7 nitrogen and oxygen atoms in total. The molecule has 0 bridgehead atoms. The molecule has 1 aromatic heterocycles. The van der Waals surface area contributed by atoms with E-state index in [-0.39, 0.29) is 10.6 Å². The van der Waals surface area contributed by atoms with E-state index in [4.69, 9.17) is 0 Å². The molecule has 0 saturated carbocycles. The maximum atomic E-state index is 11.1. The fraction of sp³-hybridized carbons (Fsp3) is 0.643. The van der Waals surface area contributed by atoms with Crippen LogP contribution >= 0.6 is 0 Å². The summed E-state index contributed by atoms with van der Waals surface area (Å²) in [5.41, 5.74) is 0.0940. The van der Waals surface area contributed by atoms with E-state index < -0.39 is 0 Å². The quantitative estimate of drug-likeness (QED) is 0.638. The number of rotatable bonds is 6. The predicted molar refractivity (Wildman–Crippen MR) is 84.0 cm³/mol. The van der Waals surface area contributed by atoms with Crippen LogP contribution < -0.4 is 10.2 Å². The van der Waals surface area contributed by atoms with Crippen LogP contribution in [-0.2, 0) is 0 Å². The highest BCUT2D eigenvalue weighted by Gasteiger charge is 2.20. The van der Waals surface area contributed by atoms with Crippen molar-refractivity contribution in [2.45, 2.75) is 20.3 Å². The van der Waals surface area contributed by atoms with Crippen LogP contribution in [0.4, 0.5) is 17.3 Å². The van der Waals surface area contributed by atoms with Crippen LogP contribution in [0, 0.1) is 10.1 Å². The first-order valence-electron chi connectivity index (χ1n) is 7.51. The summed E-state index contributed by atoms with van der Waals surface area (Å²) in [6, 6.07) is 3.07. The van der Waals surface area contributed by atoms with E-state index in [9.17, 15) is 10.1 Å². The van der Waals surface area contributed by atoms with Gasteiger partial charge in [0.05, 0.1) is 17.1 Å². The molecule has 2 heterocycles. The van der Waals surface area contributed by atoms with E-state index in [2.05, 4.69) is 33.9 Å². The van der Waals surface area contributed by atoms with Crippen LogP contribution in [0.3, 0.4) is 0 Å². The minimum Gasteiger partial charge on any atom is -0.370 e. The molecule has 116 valence electrons. The summed E-state index contributed by atoms with van der Waals surface area (Å²) in [6.07, 6.45) is 0.953. The van der Waals surface area contributed by atoms with Crippen molar-refractivity contribution < 1.29 is 4.92 Å². The van der Waals surface area contributed by atoms with Gasteiger partial charge >= 0.3 is 0 Å². The summed E-state index contributed by atoms with van der Waals surface area (Å²) < 4.78 is 0. The normalized spacial score (nSPS) is 16.0. The second-order valence-electron chi connectivity index (χ2n) is 5.17. The van der Waals surface area contributed by atoms with Crippen molar-refractivity contribution in [3.63, 3.8) is 0 Å². The maximum Gasteiger partial charge on any atom is 0.276 e. The van der Waals surface area contributed by atoms with Crippen molar-refractivity contribution in [1.82, 2.24) is 9.88 Å². The highest BCUT2D eigenvalue weighted by atomic mass is 16.6. The van der Waals surface area contributed by atoms with E-state index in [1.165, 1.54) is 6.07 Å². The third kappa shape index (κ3) is 4.04. The summed E-state index contributed by atoms with van der Waals surface area (Å²) in [5.74, 6) is 1.28. The number of hydrogen-bond acceptors (Lipinski definition) is 6. The molecular weight excluding hydrogens is 270 g/mol. The van der Waals surface area contributed by atoms with Gasteiger partial charge in [0.2, 0.25) is 0 Å². The second-order valence-corrected chi connectivity index (χ2v) is 5.17. The molecule has 1 fully saturated rings. The van der Waals surface area contributed by atoms with E-state index in [0.717, 1.165) is 45.7 Å². The molecule has 1 aliphatic rings. The van der Waals surface area contributed by atoms with Crippen LogP contribution in [-0.4, -0.2) is 54.1 Å². The highest BCUT2D eigenvalue weighted by molar-refractivity contribution is 5.56. The SMILES string of the molecule is CCCNc1cc([N+](=O)[O-])cc(N2CCN(CC)CC2)n1. The zero-order valence-corrected chi connectivity index (χ0v) is 12.7. The lowest BCUT2D eigenvalue weighted by atomic mass is 10.3. The number of aromatic nitrogens is 1. The van der Waals surface area contributed by atoms with Gasteiger partial charge in [-0.2, -0.15) is 0 Å². The molecule has 2 rings (SSSR count). The number of anilines is 2. The monoisotopic (exact) mass is 293 g/mol. The van der Waals surface area contributed by atoms with Gasteiger partial charge in [-0.1, -0.05) is 13.8 Å². The smallest absolute Gasteiger partial charge is 0.276 e. The van der Waals surface area contributed by atoms with Crippen molar-refractivity contribution in [3.8, 4) is 0 Å². The van der Waals surface area contributed by atoms with Gasteiger partial charge in [-0.3, -0.25) is 10.1 Å². The molecule has 7 heteroatoms. The van der Waals surface area contributed by atoms with Gasteiger partial charge in [-0.15, -0.1) is 0 Å². The van der Waals surface area contributed by atoms with Gasteiger partial charge in [0, 0.05) is 32.7 Å². The average Bonchev–Trinajstić information content (AvgIpc) is 2.52. The first-order valence-corrected chi connectivity index (χ1v) is 7.51. The Morgan fingerprint density at radius 1 is 1.29 bits per heavy atom. The van der Waals surface area contributed by atoms with Crippen molar-refractivity contribution in [2.24, 2.45) is 0 Å². The molecule has 0 aromatic carbocycles. The molecule has 0 amide bonds. The lowest BCUT2D eigenvalue weighted by Gasteiger charge is -2.34. The molecule has 1 aliphatic heterocycles. The summed E-state index contributed by atoms with van der Waals surface area (Å²) in [5, 5.41) is 14.2. The van der Waals surface area contributed by atoms with Crippen molar-refractivity contribution in [2.75, 3.05) is 49.5 Å². The van der Waals surface area contributed by atoms with Gasteiger partial charge in [-0.25, -0.2) is 4.98 Å². The number of likely N-dealkylation sites (N-methyl/N-ethyl adjacent to an activating group) is 1. The van der Waals surface area contributed by atoms with Crippen LogP contribution in [0.5, 0.6) is 0 Å². The largest absolute Gasteiger partial charge is 0.370 e. The van der Waals surface area contributed by atoms with Crippen LogP contribution in [0.15, 0.2) is 12.1 Å². The summed E-state index contributed by atoms with van der Waals surface area (Å²) in [7, 11) is 0. The van der Waals surface area contributed by atoms with Crippen LogP contribution in [0.2, 0.25) is 0 Å². The third-order valence-electron chi connectivity index (χ3n) is 3.71. The maximum absolute atomic E-state index is 11.1. The average molecular weight is 293 g/mol. The fourth-order valence-corrected chi connectivity index (χ4v) is 2.41. The molecule has 21 heavy (non-hydrogen) atoms. The van der Waals surface area contributed by atoms with E-state index in [1.54, 1.807) is 6.07 Å². The van der Waals surface area contributed by atoms with Crippen molar-refractivity contribution >= 4 is 17.3 Å². The number of piperazine rings is 1. The lowest BCUT2D eigenvalue weighted by Crippen LogP contribution is -2.46. The Balaban J connectivity index is 2.17. The summed E-state index contributed by atoms with van der Waals surface area (Å²) in [6.45, 7) is 9.65. The molecule has 0 unspecified atom stereocenters. The minimum absolute atomic E-state index is 0.0940. The van der Waals surface area contributed by atoms with Crippen molar-refractivity contribution in [1.29, 1.82) is 0 Å². The van der Waals surface area contributed by atoms with E-state index in [0.29, 0.717) is 11.6 Å². The molecular formula is C14H23N5O2. The number of nitrogens with zero attached hydrogens (tertiary/aromatic N) is 4. The minimum atomic E-state index is -0.357. The summed E-state index contributed by atoms with van der Waals surface area (Å²) in [4.78, 5) is 19.7. The zero-order chi connectivity index (χ0) is 15.2. The first kappa shape index (κ1) is 15.5. The first-order chi connectivity index (χ1) is 10.1. The second kappa shape index (κ2) is 7.21. The lowest BCUT2D eigenvalue weighted by molar-refractivity contribution is -0.384. The number of nitro groups is 1. The Morgan fingerprint density at radius 3 is 2.57 bits per heavy atom. The van der Waals surface area contributed by atoms with E-state index in [1.807, 2.05) is 0 Å². The van der Waals surface area contributed by atoms with Crippen LogP contribution in [0.1, 0.15) is 20.3 Å². The highest BCUT2D eigenvalue weighted by Crippen LogP contribution is 2.24. The van der Waals surface area contributed by atoms with Gasteiger partial charge in [0.25, 0.3) is 5.69 Å². The van der Waals surface area contributed by atoms with Crippen molar-refractivity contribution in [3.05, 3.63) is 22.2 Å². The Kier molecular flexibility index (Phi) is 5.32. The predicted octanol–water partition coefficient (Wildman–Crippen LogP) is 1.95. The molecule has 1 aromatic rings. The standard InChI is InChI=1S/C14H23N5O2/c1-3-5-15-13-10-12(19(20)21)11-14(16-13)18-8-6-17(4-2)7-9-18/h10-11H,3-9H2,1-2H3,(H,15,16). The Hall–Kier alpha value is -1.89. The Labute approximate surface area is 125 Å². The summed E-state index contributed by atoms with van der Waals surface area (Å²) >= 11 is 0. The van der Waals surface area contributed by atoms with E-state index >= 15 is 0 Å².